The fourth-order valence-corrected chi connectivity index (χ4v) is 3.14. The van der Waals surface area contributed by atoms with Crippen molar-refractivity contribution in [1.82, 2.24) is 4.90 Å². The zero-order valence-electron chi connectivity index (χ0n) is 10.2. The minimum atomic E-state index is 0.505. The maximum absolute atomic E-state index is 5.82. The molecule has 16 heavy (non-hydrogen) atoms. The van der Waals surface area contributed by atoms with E-state index in [0.29, 0.717) is 6.10 Å². The Bertz CT molecular complexity index is 194. The first-order valence-corrected chi connectivity index (χ1v) is 7.35. The molecule has 2 nitrogen and oxygen atoms in total. The Morgan fingerprint density at radius 1 is 1.19 bits per heavy atom. The van der Waals surface area contributed by atoms with Gasteiger partial charge in [0.1, 0.15) is 0 Å². The molecule has 2 fully saturated rings. The molecule has 2 unspecified atom stereocenters. The lowest BCUT2D eigenvalue weighted by Gasteiger charge is -2.31. The van der Waals surface area contributed by atoms with Gasteiger partial charge < -0.3 is 4.74 Å². The summed E-state index contributed by atoms with van der Waals surface area (Å²) < 4.78 is 5.82. The zero-order chi connectivity index (χ0) is 11.2. The van der Waals surface area contributed by atoms with E-state index in [1.54, 1.807) is 0 Å². The quantitative estimate of drug-likeness (QED) is 0.691. The van der Waals surface area contributed by atoms with E-state index in [4.69, 9.17) is 16.3 Å². The molecule has 0 amide bonds. The first-order chi connectivity index (χ1) is 7.90. The molecule has 2 atom stereocenters. The maximum Gasteiger partial charge on any atom is 0.0702 e. The van der Waals surface area contributed by atoms with E-state index in [9.17, 15) is 0 Å². The van der Waals surface area contributed by atoms with Crippen molar-refractivity contribution in [3.05, 3.63) is 0 Å². The van der Waals surface area contributed by atoms with Crippen LogP contribution in [0.2, 0.25) is 0 Å². The van der Waals surface area contributed by atoms with E-state index < -0.39 is 0 Å². The van der Waals surface area contributed by atoms with Crippen LogP contribution in [0.4, 0.5) is 0 Å². The van der Waals surface area contributed by atoms with Crippen molar-refractivity contribution in [3.63, 3.8) is 0 Å². The van der Waals surface area contributed by atoms with Gasteiger partial charge in [0.05, 0.1) is 6.10 Å². The number of ether oxygens (including phenoxy) is 1. The topological polar surface area (TPSA) is 12.5 Å². The molecule has 2 aliphatic rings. The van der Waals surface area contributed by atoms with Crippen molar-refractivity contribution in [2.75, 3.05) is 25.6 Å². The molecule has 2 rings (SSSR count). The van der Waals surface area contributed by atoms with Crippen molar-refractivity contribution < 1.29 is 4.74 Å². The summed E-state index contributed by atoms with van der Waals surface area (Å²) >= 11 is 5.78. The summed E-state index contributed by atoms with van der Waals surface area (Å²) in [6.07, 6.45) is 9.54. The van der Waals surface area contributed by atoms with Crippen LogP contribution in [0.1, 0.15) is 44.9 Å². The summed E-state index contributed by atoms with van der Waals surface area (Å²) in [6.45, 7) is 3.41. The molecule has 0 aromatic heterocycles. The van der Waals surface area contributed by atoms with Crippen LogP contribution in [0, 0.1) is 0 Å². The number of halogens is 1. The SMILES string of the molecule is ClCCCC1CCCN1CC1CCCCO1. The van der Waals surface area contributed by atoms with Gasteiger partial charge in [0.2, 0.25) is 0 Å². The fraction of sp³-hybridized carbons (Fsp3) is 1.00. The molecule has 2 heterocycles. The van der Waals surface area contributed by atoms with Gasteiger partial charge in [-0.2, -0.15) is 0 Å². The number of likely N-dealkylation sites (tertiary alicyclic amines) is 1. The Labute approximate surface area is 104 Å². The smallest absolute Gasteiger partial charge is 0.0702 e. The second-order valence-electron chi connectivity index (χ2n) is 5.11. The molecule has 0 bridgehead atoms. The lowest BCUT2D eigenvalue weighted by molar-refractivity contribution is -0.00839. The molecule has 0 spiro atoms. The lowest BCUT2D eigenvalue weighted by Crippen LogP contribution is -2.38. The highest BCUT2D eigenvalue weighted by Gasteiger charge is 2.27. The first kappa shape index (κ1) is 12.7. The summed E-state index contributed by atoms with van der Waals surface area (Å²) in [4.78, 5) is 2.64. The molecule has 3 heteroatoms. The molecule has 0 N–H and O–H groups in total. The normalized spacial score (nSPS) is 32.1. The van der Waals surface area contributed by atoms with E-state index in [1.807, 2.05) is 0 Å². The standard InChI is InChI=1S/C13H24ClNO/c14-8-3-5-12-6-4-9-15(12)11-13-7-1-2-10-16-13/h12-13H,1-11H2. The van der Waals surface area contributed by atoms with Gasteiger partial charge in [-0.25, -0.2) is 0 Å². The summed E-state index contributed by atoms with van der Waals surface area (Å²) in [5.74, 6) is 0.810. The van der Waals surface area contributed by atoms with E-state index in [1.165, 1.54) is 45.1 Å². The van der Waals surface area contributed by atoms with Gasteiger partial charge in [0, 0.05) is 25.1 Å². The number of hydrogen-bond donors (Lipinski definition) is 0. The minimum Gasteiger partial charge on any atom is -0.377 e. The number of alkyl halides is 1. The third kappa shape index (κ3) is 3.61. The average Bonchev–Trinajstić information content (AvgIpc) is 2.75. The predicted octanol–water partition coefficient (Wildman–Crippen LogP) is 3.04. The van der Waals surface area contributed by atoms with Crippen molar-refractivity contribution in [2.45, 2.75) is 57.1 Å². The second kappa shape index (κ2) is 6.83. The highest BCUT2D eigenvalue weighted by Crippen LogP contribution is 2.24. The van der Waals surface area contributed by atoms with E-state index in [-0.39, 0.29) is 0 Å². The largest absolute Gasteiger partial charge is 0.377 e. The predicted molar refractivity (Wildman–Crippen MR) is 68.1 cm³/mol. The van der Waals surface area contributed by atoms with Crippen LogP contribution in [0.3, 0.4) is 0 Å². The van der Waals surface area contributed by atoms with Gasteiger partial charge in [0.15, 0.2) is 0 Å². The van der Waals surface area contributed by atoms with Crippen molar-refractivity contribution >= 4 is 11.6 Å². The van der Waals surface area contributed by atoms with Crippen LogP contribution in [-0.4, -0.2) is 42.6 Å². The highest BCUT2D eigenvalue weighted by molar-refractivity contribution is 6.17. The van der Waals surface area contributed by atoms with Gasteiger partial charge in [-0.15, -0.1) is 11.6 Å². The molecular weight excluding hydrogens is 222 g/mol. The van der Waals surface area contributed by atoms with E-state index >= 15 is 0 Å². The monoisotopic (exact) mass is 245 g/mol. The minimum absolute atomic E-state index is 0.505. The maximum atomic E-state index is 5.82. The Morgan fingerprint density at radius 2 is 2.12 bits per heavy atom. The molecule has 0 aromatic carbocycles. The number of rotatable bonds is 5. The number of hydrogen-bond acceptors (Lipinski definition) is 2. The highest BCUT2D eigenvalue weighted by atomic mass is 35.5. The van der Waals surface area contributed by atoms with Gasteiger partial charge in [-0.1, -0.05) is 0 Å². The fourth-order valence-electron chi connectivity index (χ4n) is 2.99. The molecule has 0 aromatic rings. The average molecular weight is 246 g/mol. The molecule has 0 saturated carbocycles. The van der Waals surface area contributed by atoms with Gasteiger partial charge in [-0.3, -0.25) is 4.90 Å². The van der Waals surface area contributed by atoms with Crippen molar-refractivity contribution in [1.29, 1.82) is 0 Å². The van der Waals surface area contributed by atoms with Crippen LogP contribution < -0.4 is 0 Å². The van der Waals surface area contributed by atoms with Crippen LogP contribution in [0.25, 0.3) is 0 Å². The molecule has 2 aliphatic heterocycles. The third-order valence-electron chi connectivity index (χ3n) is 3.88. The Kier molecular flexibility index (Phi) is 5.40. The lowest BCUT2D eigenvalue weighted by atomic mass is 10.1. The van der Waals surface area contributed by atoms with Crippen molar-refractivity contribution in [2.24, 2.45) is 0 Å². The van der Waals surface area contributed by atoms with E-state index in [0.717, 1.165) is 31.5 Å². The van der Waals surface area contributed by atoms with Crippen LogP contribution >= 0.6 is 11.6 Å². The zero-order valence-corrected chi connectivity index (χ0v) is 10.9. The summed E-state index contributed by atoms with van der Waals surface area (Å²) in [7, 11) is 0. The Hall–Kier alpha value is 0.210. The first-order valence-electron chi connectivity index (χ1n) is 6.82. The van der Waals surface area contributed by atoms with Crippen LogP contribution in [-0.2, 0) is 4.74 Å². The summed E-state index contributed by atoms with van der Waals surface area (Å²) in [5, 5.41) is 0. The Morgan fingerprint density at radius 3 is 2.88 bits per heavy atom. The third-order valence-corrected chi connectivity index (χ3v) is 4.15. The number of nitrogens with zero attached hydrogens (tertiary/aromatic N) is 1. The van der Waals surface area contributed by atoms with Crippen LogP contribution in [0.15, 0.2) is 0 Å². The van der Waals surface area contributed by atoms with Crippen LogP contribution in [0.5, 0.6) is 0 Å². The molecule has 94 valence electrons. The van der Waals surface area contributed by atoms with Gasteiger partial charge in [-0.05, 0) is 51.5 Å². The molecule has 2 saturated heterocycles. The second-order valence-corrected chi connectivity index (χ2v) is 5.49. The Balaban J connectivity index is 1.73. The molecule has 0 radical (unpaired) electrons. The van der Waals surface area contributed by atoms with Gasteiger partial charge in [0.25, 0.3) is 0 Å². The summed E-state index contributed by atoms with van der Waals surface area (Å²) in [6, 6.07) is 0.782. The van der Waals surface area contributed by atoms with Crippen molar-refractivity contribution in [3.8, 4) is 0 Å². The van der Waals surface area contributed by atoms with E-state index in [2.05, 4.69) is 4.90 Å². The van der Waals surface area contributed by atoms with Gasteiger partial charge >= 0.3 is 0 Å². The molecule has 0 aliphatic carbocycles. The molecular formula is C13H24ClNO. The summed E-state index contributed by atoms with van der Waals surface area (Å²) in [5.41, 5.74) is 0.